The van der Waals surface area contributed by atoms with Crippen molar-refractivity contribution in [2.75, 3.05) is 18.1 Å². The molecule has 0 aliphatic heterocycles. The van der Waals surface area contributed by atoms with Crippen LogP contribution in [0.15, 0.2) is 12.3 Å². The van der Waals surface area contributed by atoms with Gasteiger partial charge in [-0.1, -0.05) is 12.2 Å². The molecular weight excluding hydrogens is 272 g/mol. The number of hydrogen-bond acceptors (Lipinski definition) is 6. The van der Waals surface area contributed by atoms with E-state index in [1.807, 2.05) is 0 Å². The van der Waals surface area contributed by atoms with E-state index in [4.69, 9.17) is 18.0 Å². The fourth-order valence-electron chi connectivity index (χ4n) is 1.00. The zero-order valence-electron chi connectivity index (χ0n) is 10.5. The highest BCUT2D eigenvalue weighted by Crippen LogP contribution is 2.15. The van der Waals surface area contributed by atoms with Crippen LogP contribution in [0, 0.1) is 0 Å². The SMILES string of the molecule is CC(C)(CNc1nccc(C(N)=S)n1)S(C)(=O)=O. The van der Waals surface area contributed by atoms with Gasteiger partial charge >= 0.3 is 0 Å². The number of rotatable bonds is 5. The van der Waals surface area contributed by atoms with Gasteiger partial charge in [-0.3, -0.25) is 0 Å². The summed E-state index contributed by atoms with van der Waals surface area (Å²) in [5.74, 6) is 0.303. The second-order valence-electron chi connectivity index (χ2n) is 4.52. The van der Waals surface area contributed by atoms with Gasteiger partial charge in [-0.2, -0.15) is 0 Å². The van der Waals surface area contributed by atoms with Crippen LogP contribution >= 0.6 is 12.2 Å². The van der Waals surface area contributed by atoms with Crippen molar-refractivity contribution in [3.63, 3.8) is 0 Å². The Morgan fingerprint density at radius 2 is 2.17 bits per heavy atom. The fourth-order valence-corrected chi connectivity index (χ4v) is 1.45. The lowest BCUT2D eigenvalue weighted by Gasteiger charge is -2.22. The Morgan fingerprint density at radius 3 is 2.67 bits per heavy atom. The lowest BCUT2D eigenvalue weighted by atomic mass is 10.2. The van der Waals surface area contributed by atoms with Gasteiger partial charge in [0.1, 0.15) is 10.7 Å². The number of thiocarbonyl (C=S) groups is 1. The van der Waals surface area contributed by atoms with E-state index in [1.165, 1.54) is 12.5 Å². The summed E-state index contributed by atoms with van der Waals surface area (Å²) in [4.78, 5) is 8.22. The molecule has 0 aliphatic rings. The van der Waals surface area contributed by atoms with Crippen LogP contribution in [0.4, 0.5) is 5.95 Å². The third kappa shape index (κ3) is 3.61. The second-order valence-corrected chi connectivity index (χ2v) is 7.60. The molecule has 3 N–H and O–H groups in total. The van der Waals surface area contributed by atoms with E-state index < -0.39 is 14.6 Å². The molecule has 0 aromatic carbocycles. The molecule has 0 fully saturated rings. The number of hydrogen-bond donors (Lipinski definition) is 2. The summed E-state index contributed by atoms with van der Waals surface area (Å²) in [7, 11) is -3.17. The zero-order valence-corrected chi connectivity index (χ0v) is 12.1. The molecule has 18 heavy (non-hydrogen) atoms. The maximum absolute atomic E-state index is 11.5. The first-order valence-electron chi connectivity index (χ1n) is 5.20. The highest BCUT2D eigenvalue weighted by molar-refractivity contribution is 7.92. The molecule has 8 heteroatoms. The van der Waals surface area contributed by atoms with Crippen LogP contribution in [0.25, 0.3) is 0 Å². The smallest absolute Gasteiger partial charge is 0.223 e. The first-order valence-corrected chi connectivity index (χ1v) is 7.50. The van der Waals surface area contributed by atoms with Crippen molar-refractivity contribution in [1.82, 2.24) is 9.97 Å². The molecule has 0 radical (unpaired) electrons. The van der Waals surface area contributed by atoms with E-state index in [9.17, 15) is 8.42 Å². The van der Waals surface area contributed by atoms with Gasteiger partial charge in [-0.15, -0.1) is 0 Å². The molecule has 6 nitrogen and oxygen atoms in total. The summed E-state index contributed by atoms with van der Waals surface area (Å²) in [6.07, 6.45) is 2.71. The minimum Gasteiger partial charge on any atom is -0.388 e. The molecule has 0 saturated heterocycles. The first kappa shape index (κ1) is 14.8. The Bertz CT molecular complexity index is 555. The van der Waals surface area contributed by atoms with Crippen molar-refractivity contribution >= 4 is 33.0 Å². The number of aromatic nitrogens is 2. The van der Waals surface area contributed by atoms with Crippen LogP contribution in [0.2, 0.25) is 0 Å². The molecule has 0 amide bonds. The van der Waals surface area contributed by atoms with E-state index in [2.05, 4.69) is 15.3 Å². The quantitative estimate of drug-likeness (QED) is 0.754. The molecule has 0 spiro atoms. The highest BCUT2D eigenvalue weighted by atomic mass is 32.2. The van der Waals surface area contributed by atoms with Crippen LogP contribution < -0.4 is 11.1 Å². The molecule has 1 heterocycles. The summed E-state index contributed by atoms with van der Waals surface area (Å²) in [5, 5.41) is 2.87. The van der Waals surface area contributed by atoms with E-state index >= 15 is 0 Å². The van der Waals surface area contributed by atoms with Crippen molar-refractivity contribution in [2.45, 2.75) is 18.6 Å². The van der Waals surface area contributed by atoms with Gasteiger partial charge in [-0.05, 0) is 19.9 Å². The van der Waals surface area contributed by atoms with Gasteiger partial charge in [0, 0.05) is 19.0 Å². The lowest BCUT2D eigenvalue weighted by Crippen LogP contribution is -2.38. The average molecular weight is 288 g/mol. The van der Waals surface area contributed by atoms with Gasteiger partial charge in [0.15, 0.2) is 9.84 Å². The standard InChI is InChI=1S/C10H16N4O2S2/c1-10(2,18(3,15)16)6-13-9-12-5-4-7(14-9)8(11)17/h4-5H,6H2,1-3H3,(H2,11,17)(H,12,13,14). The summed E-state index contributed by atoms with van der Waals surface area (Å²) in [5.41, 5.74) is 5.90. The van der Waals surface area contributed by atoms with Crippen molar-refractivity contribution in [3.05, 3.63) is 18.0 Å². The Morgan fingerprint density at radius 1 is 1.56 bits per heavy atom. The molecule has 1 aromatic rings. The molecule has 1 aromatic heterocycles. The molecular formula is C10H16N4O2S2. The van der Waals surface area contributed by atoms with E-state index in [0.717, 1.165) is 0 Å². The largest absolute Gasteiger partial charge is 0.388 e. The molecule has 0 atom stereocenters. The normalized spacial score (nSPS) is 12.2. The number of anilines is 1. The topological polar surface area (TPSA) is 98.0 Å². The van der Waals surface area contributed by atoms with Gasteiger partial charge < -0.3 is 11.1 Å². The number of nitrogens with two attached hydrogens (primary N) is 1. The second kappa shape index (κ2) is 5.15. The van der Waals surface area contributed by atoms with Crippen LogP contribution in [0.1, 0.15) is 19.5 Å². The molecule has 0 aliphatic carbocycles. The summed E-state index contributed by atoms with van der Waals surface area (Å²) in [6.45, 7) is 3.46. The van der Waals surface area contributed by atoms with E-state index in [-0.39, 0.29) is 11.5 Å². The minimum atomic E-state index is -3.17. The molecule has 100 valence electrons. The minimum absolute atomic E-state index is 0.169. The number of nitrogens with zero attached hydrogens (tertiary/aromatic N) is 2. The summed E-state index contributed by atoms with van der Waals surface area (Å²) in [6, 6.07) is 1.59. The van der Waals surface area contributed by atoms with Gasteiger partial charge in [0.25, 0.3) is 0 Å². The Labute approximate surface area is 112 Å². The highest BCUT2D eigenvalue weighted by Gasteiger charge is 2.30. The van der Waals surface area contributed by atoms with Crippen molar-refractivity contribution < 1.29 is 8.42 Å². The van der Waals surface area contributed by atoms with Crippen molar-refractivity contribution in [2.24, 2.45) is 5.73 Å². The van der Waals surface area contributed by atoms with Crippen LogP contribution in [0.5, 0.6) is 0 Å². The monoisotopic (exact) mass is 288 g/mol. The number of sulfone groups is 1. The molecule has 0 saturated carbocycles. The first-order chi connectivity index (χ1) is 8.13. The predicted octanol–water partition coefficient (Wildman–Crippen LogP) is 0.346. The Hall–Kier alpha value is -1.28. The van der Waals surface area contributed by atoms with E-state index in [1.54, 1.807) is 19.9 Å². The van der Waals surface area contributed by atoms with Gasteiger partial charge in [0.2, 0.25) is 5.95 Å². The molecule has 0 bridgehead atoms. The average Bonchev–Trinajstić information content (AvgIpc) is 2.25. The fraction of sp³-hybridized carbons (Fsp3) is 0.500. The Balaban J connectivity index is 2.82. The van der Waals surface area contributed by atoms with Crippen LogP contribution in [0.3, 0.4) is 0 Å². The lowest BCUT2D eigenvalue weighted by molar-refractivity contribution is 0.559. The zero-order chi connectivity index (χ0) is 14.0. The summed E-state index contributed by atoms with van der Waals surface area (Å²) < 4.78 is 22.1. The Kier molecular flexibility index (Phi) is 4.23. The predicted molar refractivity (Wildman–Crippen MR) is 75.3 cm³/mol. The third-order valence-corrected chi connectivity index (χ3v) is 4.95. The number of nitrogens with one attached hydrogen (secondary N) is 1. The van der Waals surface area contributed by atoms with Crippen molar-refractivity contribution in [1.29, 1.82) is 0 Å². The molecule has 0 unspecified atom stereocenters. The maximum Gasteiger partial charge on any atom is 0.223 e. The van der Waals surface area contributed by atoms with E-state index in [0.29, 0.717) is 11.6 Å². The summed E-state index contributed by atoms with van der Waals surface area (Å²) >= 11 is 4.80. The van der Waals surface area contributed by atoms with Crippen molar-refractivity contribution in [3.8, 4) is 0 Å². The van der Waals surface area contributed by atoms with Gasteiger partial charge in [-0.25, -0.2) is 18.4 Å². The molecule has 1 rings (SSSR count). The third-order valence-electron chi connectivity index (χ3n) is 2.58. The van der Waals surface area contributed by atoms with Crippen LogP contribution in [-0.4, -0.2) is 40.9 Å². The maximum atomic E-state index is 11.5. The van der Waals surface area contributed by atoms with Crippen LogP contribution in [-0.2, 0) is 9.84 Å². The van der Waals surface area contributed by atoms with Gasteiger partial charge in [0.05, 0.1) is 4.75 Å².